The first-order valence-corrected chi connectivity index (χ1v) is 9.31. The van der Waals surface area contributed by atoms with Crippen molar-refractivity contribution in [3.05, 3.63) is 29.8 Å². The minimum Gasteiger partial charge on any atom is -0.493 e. The molecule has 4 nitrogen and oxygen atoms in total. The number of benzene rings is 1. The second kappa shape index (κ2) is 8.90. The highest BCUT2D eigenvalue weighted by molar-refractivity contribution is 8.00. The Morgan fingerprint density at radius 3 is 2.85 bits per heavy atom. The van der Waals surface area contributed by atoms with Gasteiger partial charge in [-0.05, 0) is 18.2 Å². The van der Waals surface area contributed by atoms with Crippen LogP contribution < -0.4 is 4.74 Å². The maximum absolute atomic E-state index is 10.9. The highest BCUT2D eigenvalue weighted by Crippen LogP contribution is 2.13. The molecule has 0 saturated heterocycles. The quantitative estimate of drug-likeness (QED) is 0.605. The van der Waals surface area contributed by atoms with Crippen LogP contribution in [-0.2, 0) is 9.84 Å². The summed E-state index contributed by atoms with van der Waals surface area (Å²) in [4.78, 5) is 0. The molecule has 0 atom stereocenters. The van der Waals surface area contributed by atoms with E-state index >= 15 is 0 Å². The fraction of sp³-hybridized carbons (Fsp3) is 0.429. The molecule has 6 heteroatoms. The van der Waals surface area contributed by atoms with Gasteiger partial charge < -0.3 is 9.84 Å². The van der Waals surface area contributed by atoms with Crippen molar-refractivity contribution in [2.75, 3.05) is 36.7 Å². The number of aliphatic hydroxyl groups excluding tert-OH is 1. The summed E-state index contributed by atoms with van der Waals surface area (Å²) in [5.41, 5.74) is 0.793. The molecule has 0 heterocycles. The van der Waals surface area contributed by atoms with Crippen molar-refractivity contribution in [1.82, 2.24) is 0 Å². The fourth-order valence-electron chi connectivity index (χ4n) is 1.34. The van der Waals surface area contributed by atoms with E-state index in [2.05, 4.69) is 11.8 Å². The number of hydrogen-bond donors (Lipinski definition) is 1. The molecule has 0 aliphatic rings. The third kappa shape index (κ3) is 8.10. The Kier molecular flexibility index (Phi) is 7.52. The number of thioether (sulfide) groups is 1. The van der Waals surface area contributed by atoms with Crippen LogP contribution in [0.2, 0.25) is 0 Å². The van der Waals surface area contributed by atoms with E-state index in [1.165, 1.54) is 6.26 Å². The van der Waals surface area contributed by atoms with Crippen molar-refractivity contribution in [3.8, 4) is 17.6 Å². The minimum absolute atomic E-state index is 0.165. The molecule has 0 fully saturated rings. The second-order valence-electron chi connectivity index (χ2n) is 4.08. The van der Waals surface area contributed by atoms with Crippen LogP contribution in [0, 0.1) is 11.8 Å². The zero-order valence-corrected chi connectivity index (χ0v) is 13.0. The van der Waals surface area contributed by atoms with Gasteiger partial charge in [0.2, 0.25) is 0 Å². The topological polar surface area (TPSA) is 63.6 Å². The van der Waals surface area contributed by atoms with Crippen molar-refractivity contribution >= 4 is 21.6 Å². The van der Waals surface area contributed by atoms with Crippen molar-refractivity contribution in [1.29, 1.82) is 0 Å². The monoisotopic (exact) mass is 314 g/mol. The summed E-state index contributed by atoms with van der Waals surface area (Å²) in [6.45, 7) is 0.355. The molecule has 0 spiro atoms. The van der Waals surface area contributed by atoms with Gasteiger partial charge in [0.25, 0.3) is 0 Å². The van der Waals surface area contributed by atoms with Crippen molar-refractivity contribution in [2.45, 2.75) is 0 Å². The van der Waals surface area contributed by atoms with E-state index in [-0.39, 0.29) is 12.4 Å². The van der Waals surface area contributed by atoms with Crippen molar-refractivity contribution in [2.24, 2.45) is 0 Å². The second-order valence-corrected chi connectivity index (χ2v) is 7.56. The smallest absolute Gasteiger partial charge is 0.148 e. The third-order valence-corrected chi connectivity index (χ3v) is 4.39. The molecule has 1 N–H and O–H groups in total. The van der Waals surface area contributed by atoms with Gasteiger partial charge >= 0.3 is 0 Å². The zero-order chi connectivity index (χ0) is 14.8. The van der Waals surface area contributed by atoms with Crippen molar-refractivity contribution in [3.63, 3.8) is 0 Å². The molecule has 20 heavy (non-hydrogen) atoms. The molecule has 0 aliphatic heterocycles. The van der Waals surface area contributed by atoms with Crippen LogP contribution in [0.25, 0.3) is 0 Å². The lowest BCUT2D eigenvalue weighted by Crippen LogP contribution is -2.07. The molecule has 0 bridgehead atoms. The van der Waals surface area contributed by atoms with E-state index in [1.807, 2.05) is 24.3 Å². The van der Waals surface area contributed by atoms with Crippen LogP contribution in [0.5, 0.6) is 5.75 Å². The molecule has 110 valence electrons. The Morgan fingerprint density at radius 1 is 1.35 bits per heavy atom. The van der Waals surface area contributed by atoms with Crippen LogP contribution in [0.1, 0.15) is 5.56 Å². The van der Waals surface area contributed by atoms with E-state index in [0.29, 0.717) is 12.4 Å². The van der Waals surface area contributed by atoms with E-state index in [9.17, 15) is 8.42 Å². The summed E-state index contributed by atoms with van der Waals surface area (Å²) < 4.78 is 27.4. The molecule has 1 rings (SSSR count). The average Bonchev–Trinajstić information content (AvgIpc) is 2.40. The van der Waals surface area contributed by atoms with Gasteiger partial charge in [0.15, 0.2) is 0 Å². The predicted octanol–water partition coefficient (Wildman–Crippen LogP) is 1.19. The van der Waals surface area contributed by atoms with Crippen LogP contribution in [0.3, 0.4) is 0 Å². The van der Waals surface area contributed by atoms with Crippen LogP contribution in [0.15, 0.2) is 24.3 Å². The van der Waals surface area contributed by atoms with Crippen LogP contribution in [-0.4, -0.2) is 50.3 Å². The molecular weight excluding hydrogens is 296 g/mol. The largest absolute Gasteiger partial charge is 0.493 e. The molecule has 0 unspecified atom stereocenters. The van der Waals surface area contributed by atoms with E-state index in [4.69, 9.17) is 9.84 Å². The van der Waals surface area contributed by atoms with Gasteiger partial charge in [-0.3, -0.25) is 0 Å². The lowest BCUT2D eigenvalue weighted by Gasteiger charge is -2.06. The van der Waals surface area contributed by atoms with Crippen LogP contribution >= 0.6 is 11.8 Å². The maximum Gasteiger partial charge on any atom is 0.148 e. The Balaban J connectivity index is 2.28. The van der Waals surface area contributed by atoms with Gasteiger partial charge in [-0.2, -0.15) is 11.8 Å². The maximum atomic E-state index is 10.9. The standard InChI is InChI=1S/C14H18O4S2/c1-20(16,17)11-10-19-9-8-18-14-6-2-4-13(12-14)5-3-7-15/h2,4,6,12,15H,7-11H2,1H3. The third-order valence-electron chi connectivity index (χ3n) is 2.24. The van der Waals surface area contributed by atoms with Crippen molar-refractivity contribution < 1.29 is 18.3 Å². The molecule has 0 saturated carbocycles. The number of sulfone groups is 1. The van der Waals surface area contributed by atoms with E-state index < -0.39 is 9.84 Å². The van der Waals surface area contributed by atoms with E-state index in [0.717, 1.165) is 17.1 Å². The zero-order valence-electron chi connectivity index (χ0n) is 11.3. The summed E-state index contributed by atoms with van der Waals surface area (Å²) in [5, 5.41) is 8.63. The number of aliphatic hydroxyl groups is 1. The first-order chi connectivity index (χ1) is 9.51. The molecule has 1 aromatic carbocycles. The minimum atomic E-state index is -2.88. The first kappa shape index (κ1) is 16.9. The highest BCUT2D eigenvalue weighted by atomic mass is 32.2. The highest BCUT2D eigenvalue weighted by Gasteiger charge is 2.01. The number of rotatable bonds is 7. The Bertz CT molecular complexity index is 570. The van der Waals surface area contributed by atoms with Gasteiger partial charge in [-0.25, -0.2) is 8.42 Å². The molecular formula is C14H18O4S2. The Morgan fingerprint density at radius 2 is 2.15 bits per heavy atom. The Labute approximate surface area is 124 Å². The van der Waals surface area contributed by atoms with Gasteiger partial charge in [0.05, 0.1) is 12.4 Å². The van der Waals surface area contributed by atoms with E-state index in [1.54, 1.807) is 11.8 Å². The first-order valence-electron chi connectivity index (χ1n) is 6.09. The molecule has 0 aromatic heterocycles. The SMILES string of the molecule is CS(=O)(=O)CCSCCOc1cccc(C#CCO)c1. The molecule has 0 amide bonds. The summed E-state index contributed by atoms with van der Waals surface area (Å²) in [6, 6.07) is 7.33. The van der Waals surface area contributed by atoms with Gasteiger partial charge in [-0.1, -0.05) is 17.9 Å². The van der Waals surface area contributed by atoms with Gasteiger partial charge in [0, 0.05) is 23.3 Å². The number of ether oxygens (including phenoxy) is 1. The predicted molar refractivity (Wildman–Crippen MR) is 82.9 cm³/mol. The fourth-order valence-corrected chi connectivity index (χ4v) is 3.42. The lowest BCUT2D eigenvalue weighted by atomic mass is 10.2. The van der Waals surface area contributed by atoms with Gasteiger partial charge in [-0.15, -0.1) is 0 Å². The average molecular weight is 314 g/mol. The van der Waals surface area contributed by atoms with Crippen LogP contribution in [0.4, 0.5) is 0 Å². The van der Waals surface area contributed by atoms with Gasteiger partial charge in [0.1, 0.15) is 22.2 Å². The summed E-state index contributed by atoms with van der Waals surface area (Å²) >= 11 is 1.55. The molecule has 0 radical (unpaired) electrons. The molecule has 0 aliphatic carbocycles. The summed E-state index contributed by atoms with van der Waals surface area (Å²) in [6.07, 6.45) is 1.24. The summed E-state index contributed by atoms with van der Waals surface area (Å²) in [5.74, 6) is 7.63. The number of hydrogen-bond acceptors (Lipinski definition) is 5. The lowest BCUT2D eigenvalue weighted by molar-refractivity contribution is 0.344. The summed E-state index contributed by atoms with van der Waals surface area (Å²) in [7, 11) is -2.88. The molecule has 1 aromatic rings. The normalized spacial score (nSPS) is 10.7. The Hall–Kier alpha value is -1.16.